The van der Waals surface area contributed by atoms with Gasteiger partial charge in [0.15, 0.2) is 6.39 Å². The largest absolute Gasteiger partial charge is 0.438 e. The molecule has 1 aromatic heterocycles. The van der Waals surface area contributed by atoms with Crippen molar-refractivity contribution in [2.24, 2.45) is 5.92 Å². The highest BCUT2D eigenvalue weighted by atomic mass is 16.3. The highest BCUT2D eigenvalue weighted by molar-refractivity contribution is 5.95. The molecule has 1 aromatic carbocycles. The summed E-state index contributed by atoms with van der Waals surface area (Å²) in [6.07, 6.45) is 7.02. The number of carbonyl (C=O) groups is 2. The number of nitrogens with one attached hydrogen (secondary N) is 1. The van der Waals surface area contributed by atoms with E-state index in [1.54, 1.807) is 0 Å². The first-order valence-electron chi connectivity index (χ1n) is 10.8. The second kappa shape index (κ2) is 8.39. The first-order valence-corrected chi connectivity index (χ1v) is 10.8. The number of rotatable bonds is 6. The van der Waals surface area contributed by atoms with Crippen molar-refractivity contribution in [3.05, 3.63) is 53.2 Å². The molecular weight excluding hydrogens is 366 g/mol. The highest BCUT2D eigenvalue weighted by Crippen LogP contribution is 2.39. The molecule has 0 radical (unpaired) electrons. The van der Waals surface area contributed by atoms with E-state index in [9.17, 15) is 9.59 Å². The molecule has 6 nitrogen and oxygen atoms in total. The Kier molecular flexibility index (Phi) is 5.69. The van der Waals surface area contributed by atoms with Crippen LogP contribution >= 0.6 is 0 Å². The van der Waals surface area contributed by atoms with Crippen molar-refractivity contribution in [3.8, 4) is 0 Å². The summed E-state index contributed by atoms with van der Waals surface area (Å²) in [7, 11) is 0. The molecule has 1 aliphatic heterocycles. The third-order valence-electron chi connectivity index (χ3n) is 6.35. The van der Waals surface area contributed by atoms with Gasteiger partial charge in [0.2, 0.25) is 5.76 Å². The van der Waals surface area contributed by atoms with Crippen LogP contribution in [0.2, 0.25) is 0 Å². The van der Waals surface area contributed by atoms with E-state index in [0.717, 1.165) is 32.1 Å². The van der Waals surface area contributed by atoms with Crippen molar-refractivity contribution in [1.29, 1.82) is 0 Å². The van der Waals surface area contributed by atoms with Crippen LogP contribution in [0.25, 0.3) is 0 Å². The smallest absolute Gasteiger partial charge is 0.291 e. The van der Waals surface area contributed by atoms with Crippen molar-refractivity contribution in [2.75, 3.05) is 6.54 Å². The molecule has 1 saturated heterocycles. The lowest BCUT2D eigenvalue weighted by atomic mass is 10.0. The van der Waals surface area contributed by atoms with Gasteiger partial charge in [0, 0.05) is 18.2 Å². The maximum atomic E-state index is 13.1. The van der Waals surface area contributed by atoms with Crippen LogP contribution in [0.4, 0.5) is 0 Å². The average molecular weight is 396 g/mol. The standard InChI is InChI=1S/C23H29N3O3/c1-3-5-15-6-8-17(9-7-15)22(27)25-19-11-10-16-12-13-26(20(16)19)23(28)21-18(4-2)24-14-29-21/h6-9,14,16,19-20H,3-5,10-13H2,1-2H3,(H,25,27)/t16-,19+,20+/m0/s1. The summed E-state index contributed by atoms with van der Waals surface area (Å²) in [6.45, 7) is 4.82. The maximum absolute atomic E-state index is 13.1. The highest BCUT2D eigenvalue weighted by Gasteiger charge is 2.47. The number of hydrogen-bond donors (Lipinski definition) is 1. The lowest BCUT2D eigenvalue weighted by molar-refractivity contribution is 0.0658. The Morgan fingerprint density at radius 2 is 1.97 bits per heavy atom. The van der Waals surface area contributed by atoms with Crippen LogP contribution in [0.3, 0.4) is 0 Å². The minimum Gasteiger partial charge on any atom is -0.438 e. The Hall–Kier alpha value is -2.63. The summed E-state index contributed by atoms with van der Waals surface area (Å²) < 4.78 is 5.41. The molecule has 1 aliphatic carbocycles. The molecule has 2 aromatic rings. The van der Waals surface area contributed by atoms with E-state index in [1.165, 1.54) is 12.0 Å². The molecule has 2 aliphatic rings. The van der Waals surface area contributed by atoms with Crippen LogP contribution in [0.15, 0.2) is 35.1 Å². The summed E-state index contributed by atoms with van der Waals surface area (Å²) in [6, 6.07) is 7.84. The number of amides is 2. The lowest BCUT2D eigenvalue weighted by Gasteiger charge is -2.29. The van der Waals surface area contributed by atoms with Gasteiger partial charge in [-0.05, 0) is 55.7 Å². The van der Waals surface area contributed by atoms with Gasteiger partial charge in [-0.2, -0.15) is 0 Å². The molecule has 2 heterocycles. The summed E-state index contributed by atoms with van der Waals surface area (Å²) in [4.78, 5) is 32.0. The van der Waals surface area contributed by atoms with Crippen molar-refractivity contribution < 1.29 is 14.0 Å². The van der Waals surface area contributed by atoms with E-state index in [1.807, 2.05) is 36.1 Å². The molecule has 4 rings (SSSR count). The van der Waals surface area contributed by atoms with Gasteiger partial charge in [0.25, 0.3) is 11.8 Å². The second-order valence-electron chi connectivity index (χ2n) is 8.12. The Bertz CT molecular complexity index is 874. The zero-order valence-electron chi connectivity index (χ0n) is 17.2. The molecule has 1 N–H and O–H groups in total. The van der Waals surface area contributed by atoms with Gasteiger partial charge in [-0.1, -0.05) is 32.4 Å². The van der Waals surface area contributed by atoms with Gasteiger partial charge in [-0.3, -0.25) is 9.59 Å². The normalized spacial score (nSPS) is 23.2. The molecule has 1 saturated carbocycles. The van der Waals surface area contributed by atoms with Crippen LogP contribution in [0, 0.1) is 5.92 Å². The molecule has 2 fully saturated rings. The number of hydrogen-bond acceptors (Lipinski definition) is 4. The molecule has 0 bridgehead atoms. The monoisotopic (exact) mass is 395 g/mol. The van der Waals surface area contributed by atoms with E-state index in [4.69, 9.17) is 4.42 Å². The lowest BCUT2D eigenvalue weighted by Crippen LogP contribution is -2.49. The average Bonchev–Trinajstić information content (AvgIpc) is 3.45. The van der Waals surface area contributed by atoms with Crippen molar-refractivity contribution >= 4 is 11.8 Å². The van der Waals surface area contributed by atoms with Gasteiger partial charge in [-0.25, -0.2) is 4.98 Å². The zero-order chi connectivity index (χ0) is 20.4. The third-order valence-corrected chi connectivity index (χ3v) is 6.35. The molecule has 29 heavy (non-hydrogen) atoms. The quantitative estimate of drug-likeness (QED) is 0.811. The SMILES string of the molecule is CCCc1ccc(C(=O)N[C@@H]2CC[C@H]3CCN(C(=O)c4ocnc4CC)[C@H]32)cc1. The number of aromatic nitrogens is 1. The number of likely N-dealkylation sites (tertiary alicyclic amines) is 1. The van der Waals surface area contributed by atoms with Crippen LogP contribution in [0.1, 0.15) is 71.7 Å². The number of fused-ring (bicyclic) bond motifs is 1. The first-order chi connectivity index (χ1) is 14.1. The molecular formula is C23H29N3O3. The van der Waals surface area contributed by atoms with Crippen LogP contribution in [-0.4, -0.2) is 40.3 Å². The van der Waals surface area contributed by atoms with Crippen LogP contribution < -0.4 is 5.32 Å². The molecule has 3 atom stereocenters. The van der Waals surface area contributed by atoms with Gasteiger partial charge in [0.1, 0.15) is 0 Å². The summed E-state index contributed by atoms with van der Waals surface area (Å²) in [5, 5.41) is 3.20. The molecule has 0 unspecified atom stereocenters. The maximum Gasteiger partial charge on any atom is 0.291 e. The fraction of sp³-hybridized carbons (Fsp3) is 0.522. The van der Waals surface area contributed by atoms with Gasteiger partial charge < -0.3 is 14.6 Å². The molecule has 154 valence electrons. The van der Waals surface area contributed by atoms with E-state index in [-0.39, 0.29) is 23.9 Å². The van der Waals surface area contributed by atoms with Gasteiger partial charge >= 0.3 is 0 Å². The van der Waals surface area contributed by atoms with Gasteiger partial charge in [-0.15, -0.1) is 0 Å². The number of carbonyl (C=O) groups excluding carboxylic acids is 2. The number of nitrogens with zero attached hydrogens (tertiary/aromatic N) is 2. The zero-order valence-corrected chi connectivity index (χ0v) is 17.2. The molecule has 0 spiro atoms. The predicted molar refractivity (Wildman–Crippen MR) is 110 cm³/mol. The Morgan fingerprint density at radius 1 is 1.17 bits per heavy atom. The number of aryl methyl sites for hydroxylation is 2. The molecule has 2 amide bonds. The second-order valence-corrected chi connectivity index (χ2v) is 8.12. The summed E-state index contributed by atoms with van der Waals surface area (Å²) in [5.41, 5.74) is 2.62. The summed E-state index contributed by atoms with van der Waals surface area (Å²) >= 11 is 0. The van der Waals surface area contributed by atoms with Crippen LogP contribution in [0.5, 0.6) is 0 Å². The van der Waals surface area contributed by atoms with Crippen LogP contribution in [-0.2, 0) is 12.8 Å². The minimum atomic E-state index is -0.100. The topological polar surface area (TPSA) is 75.4 Å². The number of benzene rings is 1. The summed E-state index contributed by atoms with van der Waals surface area (Å²) in [5.74, 6) is 0.615. The third kappa shape index (κ3) is 3.80. The first kappa shape index (κ1) is 19.7. The number of oxazole rings is 1. The van der Waals surface area contributed by atoms with Crippen molar-refractivity contribution in [1.82, 2.24) is 15.2 Å². The van der Waals surface area contributed by atoms with Crippen molar-refractivity contribution in [2.45, 2.75) is 64.5 Å². The molecule has 6 heteroatoms. The van der Waals surface area contributed by atoms with E-state index in [2.05, 4.69) is 17.2 Å². The fourth-order valence-electron chi connectivity index (χ4n) is 4.89. The Balaban J connectivity index is 1.47. The van der Waals surface area contributed by atoms with E-state index in [0.29, 0.717) is 35.9 Å². The Labute approximate surface area is 171 Å². The van der Waals surface area contributed by atoms with E-state index >= 15 is 0 Å². The van der Waals surface area contributed by atoms with Crippen molar-refractivity contribution in [3.63, 3.8) is 0 Å². The van der Waals surface area contributed by atoms with E-state index < -0.39 is 0 Å². The van der Waals surface area contributed by atoms with Gasteiger partial charge in [0.05, 0.1) is 11.7 Å². The Morgan fingerprint density at radius 3 is 2.69 bits per heavy atom. The minimum absolute atomic E-state index is 0.0257. The fourth-order valence-corrected chi connectivity index (χ4v) is 4.89. The predicted octanol–water partition coefficient (Wildman–Crippen LogP) is 3.61.